The number of hydrogen-bond donors (Lipinski definition) is 2. The number of benzene rings is 1. The summed E-state index contributed by atoms with van der Waals surface area (Å²) in [7, 11) is -3.52. The summed E-state index contributed by atoms with van der Waals surface area (Å²) in [6.45, 7) is 1.68. The molecule has 1 aromatic rings. The number of carbonyl (C=O) groups is 1. The van der Waals surface area contributed by atoms with E-state index < -0.39 is 10.0 Å². The molecule has 1 fully saturated rings. The number of aryl methyl sites for hydroxylation is 1. The molecule has 1 saturated carbocycles. The fourth-order valence-corrected chi connectivity index (χ4v) is 3.06. The Labute approximate surface area is 125 Å². The SMILES string of the molecule is Cc1ccc(N(CC(=O)N[C@@H]2CC[C@@H]2N)S(C)(=O)=O)cc1. The standard InChI is InChI=1S/C14H21N3O3S/c1-10-3-5-11(6-4-10)17(21(2,19)20)9-14(18)16-13-8-7-12(13)15/h3-6,12-13H,7-9,15H2,1-2H3,(H,16,18)/t12-,13+/m0/s1. The average Bonchev–Trinajstić information content (AvgIpc) is 2.40. The maximum absolute atomic E-state index is 12.0. The van der Waals surface area contributed by atoms with Gasteiger partial charge in [0.1, 0.15) is 6.54 Å². The number of rotatable bonds is 5. The smallest absolute Gasteiger partial charge is 0.241 e. The molecule has 3 N–H and O–H groups in total. The molecule has 1 aromatic carbocycles. The van der Waals surface area contributed by atoms with Crippen molar-refractivity contribution in [3.63, 3.8) is 0 Å². The van der Waals surface area contributed by atoms with Gasteiger partial charge in [0.15, 0.2) is 0 Å². The van der Waals surface area contributed by atoms with Crippen molar-refractivity contribution in [2.24, 2.45) is 5.73 Å². The number of hydrogen-bond acceptors (Lipinski definition) is 4. The molecule has 0 aromatic heterocycles. The summed E-state index contributed by atoms with van der Waals surface area (Å²) < 4.78 is 24.9. The zero-order chi connectivity index (χ0) is 15.6. The monoisotopic (exact) mass is 311 g/mol. The van der Waals surface area contributed by atoms with E-state index in [-0.39, 0.29) is 24.5 Å². The second kappa shape index (κ2) is 6.03. The molecular formula is C14H21N3O3S. The van der Waals surface area contributed by atoms with Gasteiger partial charge in [-0.2, -0.15) is 0 Å². The van der Waals surface area contributed by atoms with Crippen LogP contribution in [0.2, 0.25) is 0 Å². The van der Waals surface area contributed by atoms with Gasteiger partial charge in [-0.3, -0.25) is 9.10 Å². The maximum Gasteiger partial charge on any atom is 0.241 e. The Bertz CT molecular complexity index is 613. The first-order valence-electron chi connectivity index (χ1n) is 6.86. The molecule has 0 heterocycles. The Hall–Kier alpha value is -1.60. The molecule has 0 saturated heterocycles. The van der Waals surface area contributed by atoms with Crippen molar-refractivity contribution in [2.45, 2.75) is 31.8 Å². The van der Waals surface area contributed by atoms with Gasteiger partial charge in [-0.05, 0) is 31.9 Å². The second-order valence-electron chi connectivity index (χ2n) is 5.52. The van der Waals surface area contributed by atoms with E-state index in [4.69, 9.17) is 5.73 Å². The molecule has 7 heteroatoms. The number of nitrogens with zero attached hydrogens (tertiary/aromatic N) is 1. The normalized spacial score (nSPS) is 21.5. The molecule has 2 atom stereocenters. The van der Waals surface area contributed by atoms with E-state index in [1.807, 2.05) is 19.1 Å². The minimum absolute atomic E-state index is 0.0278. The molecule has 6 nitrogen and oxygen atoms in total. The number of anilines is 1. The van der Waals surface area contributed by atoms with E-state index >= 15 is 0 Å². The van der Waals surface area contributed by atoms with E-state index in [1.54, 1.807) is 12.1 Å². The van der Waals surface area contributed by atoms with E-state index in [0.717, 1.165) is 29.0 Å². The molecule has 0 aliphatic heterocycles. The Balaban J connectivity index is 2.10. The lowest BCUT2D eigenvalue weighted by Gasteiger charge is -2.34. The van der Waals surface area contributed by atoms with Crippen molar-refractivity contribution in [1.82, 2.24) is 5.32 Å². The molecule has 2 rings (SSSR count). The summed E-state index contributed by atoms with van der Waals surface area (Å²) in [4.78, 5) is 12.0. The quantitative estimate of drug-likeness (QED) is 0.821. The van der Waals surface area contributed by atoms with Gasteiger partial charge >= 0.3 is 0 Å². The summed E-state index contributed by atoms with van der Waals surface area (Å²) >= 11 is 0. The first-order valence-corrected chi connectivity index (χ1v) is 8.71. The van der Waals surface area contributed by atoms with Gasteiger partial charge in [0.2, 0.25) is 15.9 Å². The zero-order valence-electron chi connectivity index (χ0n) is 12.2. The highest BCUT2D eigenvalue weighted by Gasteiger charge is 2.30. The predicted molar refractivity (Wildman–Crippen MR) is 82.5 cm³/mol. The van der Waals surface area contributed by atoms with E-state index in [9.17, 15) is 13.2 Å². The van der Waals surface area contributed by atoms with Gasteiger partial charge in [0.05, 0.1) is 11.9 Å². The maximum atomic E-state index is 12.0. The Morgan fingerprint density at radius 1 is 1.33 bits per heavy atom. The third-order valence-electron chi connectivity index (χ3n) is 3.68. The molecule has 0 unspecified atom stereocenters. The van der Waals surface area contributed by atoms with Crippen molar-refractivity contribution in [3.8, 4) is 0 Å². The van der Waals surface area contributed by atoms with Crippen LogP contribution in [0.15, 0.2) is 24.3 Å². The summed E-state index contributed by atoms with van der Waals surface area (Å²) in [6.07, 6.45) is 2.82. The fourth-order valence-electron chi connectivity index (χ4n) is 2.20. The van der Waals surface area contributed by atoms with E-state index in [0.29, 0.717) is 5.69 Å². The lowest BCUT2D eigenvalue weighted by atomic mass is 9.87. The molecule has 21 heavy (non-hydrogen) atoms. The Morgan fingerprint density at radius 2 is 1.95 bits per heavy atom. The van der Waals surface area contributed by atoms with E-state index in [1.165, 1.54) is 0 Å². The summed E-state index contributed by atoms with van der Waals surface area (Å²) in [5, 5.41) is 2.78. The first kappa shape index (κ1) is 15.8. The summed E-state index contributed by atoms with van der Waals surface area (Å²) in [5.74, 6) is -0.332. The minimum Gasteiger partial charge on any atom is -0.350 e. The van der Waals surface area contributed by atoms with Crippen LogP contribution in [-0.2, 0) is 14.8 Å². The molecular weight excluding hydrogens is 290 g/mol. The van der Waals surface area contributed by atoms with Gasteiger partial charge in [-0.25, -0.2) is 8.42 Å². The van der Waals surface area contributed by atoms with Crippen molar-refractivity contribution < 1.29 is 13.2 Å². The highest BCUT2D eigenvalue weighted by Crippen LogP contribution is 2.19. The molecule has 1 aliphatic carbocycles. The predicted octanol–water partition coefficient (Wildman–Crippen LogP) is 0.367. The van der Waals surface area contributed by atoms with Crippen LogP contribution in [0.3, 0.4) is 0 Å². The number of nitrogens with one attached hydrogen (secondary N) is 1. The Kier molecular flexibility index (Phi) is 4.53. The molecule has 116 valence electrons. The van der Waals surface area contributed by atoms with Crippen LogP contribution in [0, 0.1) is 6.92 Å². The van der Waals surface area contributed by atoms with Crippen LogP contribution in [0.5, 0.6) is 0 Å². The van der Waals surface area contributed by atoms with Crippen molar-refractivity contribution in [2.75, 3.05) is 17.1 Å². The van der Waals surface area contributed by atoms with Gasteiger partial charge in [0, 0.05) is 12.1 Å². The van der Waals surface area contributed by atoms with Crippen LogP contribution in [-0.4, -0.2) is 39.2 Å². The van der Waals surface area contributed by atoms with Gasteiger partial charge in [-0.1, -0.05) is 17.7 Å². The van der Waals surface area contributed by atoms with Gasteiger partial charge in [0.25, 0.3) is 0 Å². The van der Waals surface area contributed by atoms with Crippen LogP contribution in [0.1, 0.15) is 18.4 Å². The summed E-state index contributed by atoms with van der Waals surface area (Å²) in [5.41, 5.74) is 7.28. The second-order valence-corrected chi connectivity index (χ2v) is 7.43. The third kappa shape index (κ3) is 3.95. The topological polar surface area (TPSA) is 92.5 Å². The van der Waals surface area contributed by atoms with Crippen LogP contribution < -0.4 is 15.4 Å². The lowest BCUT2D eigenvalue weighted by molar-refractivity contribution is -0.121. The largest absolute Gasteiger partial charge is 0.350 e. The highest BCUT2D eigenvalue weighted by molar-refractivity contribution is 7.92. The summed E-state index contributed by atoms with van der Waals surface area (Å²) in [6, 6.07) is 6.94. The van der Waals surface area contributed by atoms with Gasteiger partial charge in [-0.15, -0.1) is 0 Å². The fraction of sp³-hybridized carbons (Fsp3) is 0.500. The highest BCUT2D eigenvalue weighted by atomic mass is 32.2. The molecule has 1 amide bonds. The minimum atomic E-state index is -3.52. The van der Waals surface area contributed by atoms with E-state index in [2.05, 4.69) is 5.32 Å². The van der Waals surface area contributed by atoms with Crippen LogP contribution >= 0.6 is 0 Å². The van der Waals surface area contributed by atoms with Crippen LogP contribution in [0.25, 0.3) is 0 Å². The number of nitrogens with two attached hydrogens (primary N) is 1. The molecule has 0 bridgehead atoms. The first-order chi connectivity index (χ1) is 9.77. The number of amides is 1. The molecule has 0 radical (unpaired) electrons. The average molecular weight is 311 g/mol. The van der Waals surface area contributed by atoms with Crippen molar-refractivity contribution in [3.05, 3.63) is 29.8 Å². The molecule has 1 aliphatic rings. The third-order valence-corrected chi connectivity index (χ3v) is 4.82. The zero-order valence-corrected chi connectivity index (χ0v) is 13.1. The lowest BCUT2D eigenvalue weighted by Crippen LogP contribution is -2.56. The number of sulfonamides is 1. The number of carbonyl (C=O) groups excluding carboxylic acids is 1. The van der Waals surface area contributed by atoms with Crippen molar-refractivity contribution in [1.29, 1.82) is 0 Å². The molecule has 0 spiro atoms. The van der Waals surface area contributed by atoms with Gasteiger partial charge < -0.3 is 11.1 Å². The Morgan fingerprint density at radius 3 is 2.38 bits per heavy atom. The van der Waals surface area contributed by atoms with Crippen molar-refractivity contribution >= 4 is 21.6 Å². The van der Waals surface area contributed by atoms with Crippen LogP contribution in [0.4, 0.5) is 5.69 Å².